The molecule has 0 aliphatic carbocycles. The highest BCUT2D eigenvalue weighted by atomic mass is 16.5. The van der Waals surface area contributed by atoms with Crippen molar-refractivity contribution in [1.82, 2.24) is 15.6 Å². The molecule has 0 radical (unpaired) electrons. The van der Waals surface area contributed by atoms with Crippen LogP contribution in [0.3, 0.4) is 0 Å². The maximum atomic E-state index is 12.0. The van der Waals surface area contributed by atoms with E-state index in [1.54, 1.807) is 14.2 Å². The van der Waals surface area contributed by atoms with Gasteiger partial charge in [-0.25, -0.2) is 9.78 Å². The zero-order valence-corrected chi connectivity index (χ0v) is 17.6. The third-order valence-electron chi connectivity index (χ3n) is 4.30. The fourth-order valence-corrected chi connectivity index (χ4v) is 2.67. The Kier molecular flexibility index (Phi) is 7.31. The minimum absolute atomic E-state index is 0.106. The van der Waals surface area contributed by atoms with Crippen molar-refractivity contribution in [3.63, 3.8) is 0 Å². The fourth-order valence-electron chi connectivity index (χ4n) is 2.67. The second kappa shape index (κ2) is 9.48. The van der Waals surface area contributed by atoms with Gasteiger partial charge < -0.3 is 24.5 Å². The Labute approximate surface area is 166 Å². The third-order valence-corrected chi connectivity index (χ3v) is 4.30. The van der Waals surface area contributed by atoms with Gasteiger partial charge in [0, 0.05) is 24.9 Å². The topological polar surface area (TPSA) is 85.6 Å². The van der Waals surface area contributed by atoms with Crippen molar-refractivity contribution in [2.75, 3.05) is 20.8 Å². The van der Waals surface area contributed by atoms with Crippen molar-refractivity contribution in [3.8, 4) is 11.5 Å². The number of nitrogens with zero attached hydrogens (tertiary/aromatic N) is 1. The van der Waals surface area contributed by atoms with Crippen LogP contribution >= 0.6 is 0 Å². The van der Waals surface area contributed by atoms with Gasteiger partial charge in [-0.1, -0.05) is 26.8 Å². The molecule has 1 aromatic heterocycles. The molecular weight excluding hydrogens is 358 g/mol. The lowest BCUT2D eigenvalue weighted by atomic mass is 9.97. The molecule has 1 aromatic carbocycles. The number of hydrogen-bond donors (Lipinski definition) is 2. The highest BCUT2D eigenvalue weighted by Gasteiger charge is 2.22. The number of carbonyl (C=O) groups excluding carboxylic acids is 1. The summed E-state index contributed by atoms with van der Waals surface area (Å²) in [5, 5.41) is 5.70. The molecule has 7 nitrogen and oxygen atoms in total. The smallest absolute Gasteiger partial charge is 0.315 e. The van der Waals surface area contributed by atoms with Gasteiger partial charge in [-0.05, 0) is 31.0 Å². The molecule has 2 N–H and O–H groups in total. The average Bonchev–Trinajstić information content (AvgIpc) is 3.04. The van der Waals surface area contributed by atoms with Crippen molar-refractivity contribution in [2.24, 2.45) is 0 Å². The molecule has 2 rings (SSSR count). The number of aromatic nitrogens is 1. The van der Waals surface area contributed by atoms with Crippen LogP contribution in [0.15, 0.2) is 22.6 Å². The number of ether oxygens (including phenoxy) is 2. The maximum absolute atomic E-state index is 12.0. The standard InChI is InChI=1S/C21H31N3O4/c1-14-16(28-19(24-14)21(2,3)4)8-7-11-22-20(25)23-13-15-9-10-17(26-5)18(12-15)27-6/h9-10,12H,7-8,11,13H2,1-6H3,(H2,22,23,25). The molecule has 28 heavy (non-hydrogen) atoms. The minimum Gasteiger partial charge on any atom is -0.493 e. The number of methoxy groups -OCH3 is 2. The van der Waals surface area contributed by atoms with E-state index in [4.69, 9.17) is 13.9 Å². The molecule has 0 bridgehead atoms. The number of carbonyl (C=O) groups is 1. The number of oxazole rings is 1. The Morgan fingerprint density at radius 3 is 2.46 bits per heavy atom. The number of amides is 2. The lowest BCUT2D eigenvalue weighted by molar-refractivity contribution is 0.240. The van der Waals surface area contributed by atoms with Crippen LogP contribution in [0.1, 0.15) is 50.1 Å². The van der Waals surface area contributed by atoms with Gasteiger partial charge in [-0.15, -0.1) is 0 Å². The van der Waals surface area contributed by atoms with Crippen LogP contribution in [0.25, 0.3) is 0 Å². The normalized spacial score (nSPS) is 11.2. The Bertz CT molecular complexity index is 793. The lowest BCUT2D eigenvalue weighted by Crippen LogP contribution is -2.35. The quantitative estimate of drug-likeness (QED) is 0.672. The Morgan fingerprint density at radius 1 is 1.14 bits per heavy atom. The largest absolute Gasteiger partial charge is 0.493 e. The molecule has 0 saturated carbocycles. The molecule has 1 heterocycles. The number of nitrogens with one attached hydrogen (secondary N) is 2. The van der Waals surface area contributed by atoms with Gasteiger partial charge in [0.15, 0.2) is 17.4 Å². The van der Waals surface area contributed by atoms with E-state index < -0.39 is 0 Å². The number of urea groups is 1. The first-order chi connectivity index (χ1) is 13.2. The molecule has 0 saturated heterocycles. The number of hydrogen-bond acceptors (Lipinski definition) is 5. The van der Waals surface area contributed by atoms with E-state index in [0.29, 0.717) is 24.6 Å². The van der Waals surface area contributed by atoms with Gasteiger partial charge in [-0.2, -0.15) is 0 Å². The van der Waals surface area contributed by atoms with Gasteiger partial charge in [-0.3, -0.25) is 0 Å². The summed E-state index contributed by atoms with van der Waals surface area (Å²) < 4.78 is 16.4. The van der Waals surface area contributed by atoms with Crippen molar-refractivity contribution >= 4 is 6.03 Å². The first-order valence-electron chi connectivity index (χ1n) is 9.44. The van der Waals surface area contributed by atoms with Crippen LogP contribution in [0.5, 0.6) is 11.5 Å². The molecule has 7 heteroatoms. The summed E-state index contributed by atoms with van der Waals surface area (Å²) in [6.07, 6.45) is 1.52. The van der Waals surface area contributed by atoms with Crippen molar-refractivity contribution in [3.05, 3.63) is 41.1 Å². The summed E-state index contributed by atoms with van der Waals surface area (Å²) >= 11 is 0. The number of benzene rings is 1. The molecule has 0 atom stereocenters. The third kappa shape index (κ3) is 5.90. The zero-order chi connectivity index (χ0) is 20.7. The van der Waals surface area contributed by atoms with Gasteiger partial charge in [0.1, 0.15) is 5.76 Å². The van der Waals surface area contributed by atoms with Crippen LogP contribution in [-0.4, -0.2) is 31.8 Å². The summed E-state index contributed by atoms with van der Waals surface area (Å²) in [5.74, 6) is 2.94. The maximum Gasteiger partial charge on any atom is 0.315 e. The Balaban J connectivity index is 1.74. The second-order valence-corrected chi connectivity index (χ2v) is 7.68. The monoisotopic (exact) mass is 389 g/mol. The lowest BCUT2D eigenvalue weighted by Gasteiger charge is -2.12. The molecule has 154 valence electrons. The second-order valence-electron chi connectivity index (χ2n) is 7.68. The summed E-state index contributed by atoms with van der Waals surface area (Å²) in [4.78, 5) is 16.5. The summed E-state index contributed by atoms with van der Waals surface area (Å²) in [5.41, 5.74) is 1.74. The van der Waals surface area contributed by atoms with Crippen molar-refractivity contribution in [2.45, 2.75) is 52.5 Å². The van der Waals surface area contributed by atoms with Gasteiger partial charge in [0.25, 0.3) is 0 Å². The summed E-state index contributed by atoms with van der Waals surface area (Å²) in [7, 11) is 3.18. The average molecular weight is 389 g/mol. The molecule has 2 aromatic rings. The predicted octanol–water partition coefficient (Wildman–Crippen LogP) is 3.73. The zero-order valence-electron chi connectivity index (χ0n) is 17.6. The molecule has 0 aliphatic heterocycles. The first kappa shape index (κ1) is 21.6. The van der Waals surface area contributed by atoms with Crippen LogP contribution in [0.2, 0.25) is 0 Å². The molecule has 0 unspecified atom stereocenters. The molecule has 0 fully saturated rings. The minimum atomic E-state index is -0.209. The van der Waals surface area contributed by atoms with E-state index in [-0.39, 0.29) is 11.4 Å². The first-order valence-corrected chi connectivity index (χ1v) is 9.44. The SMILES string of the molecule is COc1ccc(CNC(=O)NCCCc2oc(C(C)(C)C)nc2C)cc1OC. The molecule has 2 amide bonds. The van der Waals surface area contributed by atoms with E-state index in [9.17, 15) is 4.79 Å². The van der Waals surface area contributed by atoms with Gasteiger partial charge in [0.2, 0.25) is 0 Å². The number of aryl methyl sites for hydroxylation is 2. The van der Waals surface area contributed by atoms with Crippen molar-refractivity contribution in [1.29, 1.82) is 0 Å². The highest BCUT2D eigenvalue weighted by Crippen LogP contribution is 2.27. The van der Waals surface area contributed by atoms with Crippen LogP contribution < -0.4 is 20.1 Å². The van der Waals surface area contributed by atoms with E-state index >= 15 is 0 Å². The molecular formula is C21H31N3O4. The molecule has 0 spiro atoms. The molecule has 0 aliphatic rings. The summed E-state index contributed by atoms with van der Waals surface area (Å²) in [6.45, 7) is 9.15. The fraction of sp³-hybridized carbons (Fsp3) is 0.524. The van der Waals surface area contributed by atoms with Gasteiger partial charge in [0.05, 0.1) is 19.9 Å². The highest BCUT2D eigenvalue weighted by molar-refractivity contribution is 5.73. The van der Waals surface area contributed by atoms with E-state index in [0.717, 1.165) is 35.7 Å². The summed E-state index contributed by atoms with van der Waals surface area (Å²) in [6, 6.07) is 5.35. The van der Waals surface area contributed by atoms with Crippen LogP contribution in [-0.2, 0) is 18.4 Å². The van der Waals surface area contributed by atoms with Crippen molar-refractivity contribution < 1.29 is 18.7 Å². The predicted molar refractivity (Wildman–Crippen MR) is 108 cm³/mol. The van der Waals surface area contributed by atoms with E-state index in [1.807, 2.05) is 25.1 Å². The van der Waals surface area contributed by atoms with E-state index in [2.05, 4.69) is 36.4 Å². The van der Waals surface area contributed by atoms with Gasteiger partial charge >= 0.3 is 6.03 Å². The Hall–Kier alpha value is -2.70. The number of rotatable bonds is 8. The Morgan fingerprint density at radius 2 is 1.86 bits per heavy atom. The van der Waals surface area contributed by atoms with Crippen LogP contribution in [0.4, 0.5) is 4.79 Å². The van der Waals surface area contributed by atoms with Crippen LogP contribution in [0, 0.1) is 6.92 Å². The van der Waals surface area contributed by atoms with E-state index in [1.165, 1.54) is 0 Å².